The van der Waals surface area contributed by atoms with Crippen molar-refractivity contribution in [3.05, 3.63) is 0 Å². The largest absolute Gasteiger partial charge is 0.307 e. The number of hydrogen-bond acceptors (Lipinski definition) is 2. The molecule has 3 heteroatoms. The van der Waals surface area contributed by atoms with Crippen LogP contribution in [0.5, 0.6) is 0 Å². The molecule has 1 N–H and O–H groups in total. The Morgan fingerprint density at radius 1 is 1.45 bits per heavy atom. The maximum absolute atomic E-state index is 12.2. The first-order valence-corrected chi connectivity index (χ1v) is 3.91. The standard InChI is InChI=1S/C8H16FNO/c1-6(2)8(11)5-10-4-7(3)9/h6-7,10H,4-5H2,1-3H3/t7-/m1/s1. The first kappa shape index (κ1) is 10.6. The Bertz CT molecular complexity index is 123. The molecule has 0 spiro atoms. The lowest BCUT2D eigenvalue weighted by atomic mass is 10.1. The monoisotopic (exact) mass is 161 g/mol. The molecule has 0 bridgehead atoms. The predicted molar refractivity (Wildman–Crippen MR) is 43.3 cm³/mol. The van der Waals surface area contributed by atoms with Gasteiger partial charge in [0.1, 0.15) is 12.0 Å². The number of nitrogens with one attached hydrogen (secondary N) is 1. The van der Waals surface area contributed by atoms with Gasteiger partial charge in [0.25, 0.3) is 0 Å². The van der Waals surface area contributed by atoms with E-state index in [1.807, 2.05) is 13.8 Å². The van der Waals surface area contributed by atoms with Crippen molar-refractivity contribution in [2.75, 3.05) is 13.1 Å². The fraction of sp³-hybridized carbons (Fsp3) is 0.875. The topological polar surface area (TPSA) is 29.1 Å². The van der Waals surface area contributed by atoms with Crippen molar-refractivity contribution in [3.8, 4) is 0 Å². The fourth-order valence-corrected chi connectivity index (χ4v) is 0.598. The maximum atomic E-state index is 12.2. The molecule has 11 heavy (non-hydrogen) atoms. The molecule has 2 nitrogen and oxygen atoms in total. The van der Waals surface area contributed by atoms with E-state index in [0.717, 1.165) is 0 Å². The second kappa shape index (κ2) is 5.24. The molecule has 0 fully saturated rings. The van der Waals surface area contributed by atoms with Gasteiger partial charge < -0.3 is 5.32 Å². The highest BCUT2D eigenvalue weighted by Crippen LogP contribution is 1.92. The molecule has 0 aromatic heterocycles. The van der Waals surface area contributed by atoms with Gasteiger partial charge in [-0.05, 0) is 6.92 Å². The summed E-state index contributed by atoms with van der Waals surface area (Å²) < 4.78 is 12.2. The molecule has 0 radical (unpaired) electrons. The van der Waals surface area contributed by atoms with Crippen LogP contribution in [0.2, 0.25) is 0 Å². The molecular formula is C8H16FNO. The van der Waals surface area contributed by atoms with Gasteiger partial charge in [0.15, 0.2) is 0 Å². The Labute approximate surface area is 67.2 Å². The van der Waals surface area contributed by atoms with E-state index in [9.17, 15) is 9.18 Å². The first-order valence-electron chi connectivity index (χ1n) is 3.91. The number of carbonyl (C=O) groups is 1. The Hall–Kier alpha value is -0.440. The van der Waals surface area contributed by atoms with Crippen LogP contribution in [0.3, 0.4) is 0 Å². The predicted octanol–water partition coefficient (Wildman–Crippen LogP) is 1.16. The molecule has 0 aromatic carbocycles. The summed E-state index contributed by atoms with van der Waals surface area (Å²) in [5.74, 6) is 0.170. The molecule has 0 saturated heterocycles. The third kappa shape index (κ3) is 5.98. The van der Waals surface area contributed by atoms with Gasteiger partial charge in [-0.2, -0.15) is 0 Å². The zero-order valence-electron chi connectivity index (χ0n) is 7.36. The Balaban J connectivity index is 3.32. The summed E-state index contributed by atoms with van der Waals surface area (Å²) in [4.78, 5) is 10.9. The average molecular weight is 161 g/mol. The molecular weight excluding hydrogens is 145 g/mol. The highest BCUT2D eigenvalue weighted by atomic mass is 19.1. The summed E-state index contributed by atoms with van der Waals surface area (Å²) in [6.45, 7) is 5.68. The van der Waals surface area contributed by atoms with Gasteiger partial charge in [-0.3, -0.25) is 4.79 Å². The van der Waals surface area contributed by atoms with Crippen LogP contribution in [0.15, 0.2) is 0 Å². The van der Waals surface area contributed by atoms with Crippen molar-refractivity contribution in [3.63, 3.8) is 0 Å². The van der Waals surface area contributed by atoms with Gasteiger partial charge in [-0.15, -0.1) is 0 Å². The number of carbonyl (C=O) groups excluding carboxylic acids is 1. The van der Waals surface area contributed by atoms with Gasteiger partial charge >= 0.3 is 0 Å². The van der Waals surface area contributed by atoms with Crippen LogP contribution in [0, 0.1) is 5.92 Å². The second-order valence-electron chi connectivity index (χ2n) is 3.03. The van der Waals surface area contributed by atoms with Gasteiger partial charge in [0.2, 0.25) is 0 Å². The molecule has 0 aliphatic rings. The number of ketones is 1. The Kier molecular flexibility index (Phi) is 5.03. The minimum Gasteiger partial charge on any atom is -0.307 e. The van der Waals surface area contributed by atoms with Gasteiger partial charge in [-0.25, -0.2) is 4.39 Å². The highest BCUT2D eigenvalue weighted by molar-refractivity contribution is 5.82. The number of alkyl halides is 1. The number of Topliss-reactive ketones (excluding diaryl/α,β-unsaturated/α-hetero) is 1. The summed E-state index contributed by atoms with van der Waals surface area (Å²) in [7, 11) is 0. The van der Waals surface area contributed by atoms with E-state index in [-0.39, 0.29) is 24.8 Å². The lowest BCUT2D eigenvalue weighted by Gasteiger charge is -2.06. The molecule has 0 heterocycles. The van der Waals surface area contributed by atoms with Crippen LogP contribution in [-0.4, -0.2) is 25.0 Å². The SMILES string of the molecule is CC(C)C(=O)CNC[C@@H](C)F. The number of halogens is 1. The maximum Gasteiger partial charge on any atom is 0.149 e. The lowest BCUT2D eigenvalue weighted by molar-refractivity contribution is -0.121. The van der Waals surface area contributed by atoms with Crippen molar-refractivity contribution in [2.45, 2.75) is 26.9 Å². The van der Waals surface area contributed by atoms with Crippen molar-refractivity contribution in [1.82, 2.24) is 5.32 Å². The number of hydrogen-bond donors (Lipinski definition) is 1. The van der Waals surface area contributed by atoms with Gasteiger partial charge in [0, 0.05) is 12.5 Å². The molecule has 0 saturated carbocycles. The molecule has 0 unspecified atom stereocenters. The molecule has 0 aliphatic carbocycles. The van der Waals surface area contributed by atoms with Crippen molar-refractivity contribution in [2.24, 2.45) is 5.92 Å². The van der Waals surface area contributed by atoms with E-state index >= 15 is 0 Å². The highest BCUT2D eigenvalue weighted by Gasteiger charge is 2.06. The minimum atomic E-state index is -0.880. The number of rotatable bonds is 5. The first-order chi connectivity index (χ1) is 5.04. The van der Waals surface area contributed by atoms with Gasteiger partial charge in [0.05, 0.1) is 6.54 Å². The average Bonchev–Trinajstić information content (AvgIpc) is 1.86. The van der Waals surface area contributed by atoms with Crippen LogP contribution in [0.25, 0.3) is 0 Å². The molecule has 0 aliphatic heterocycles. The molecule has 0 aromatic rings. The van der Waals surface area contributed by atoms with E-state index in [0.29, 0.717) is 0 Å². The van der Waals surface area contributed by atoms with E-state index in [1.165, 1.54) is 6.92 Å². The molecule has 0 amide bonds. The van der Waals surface area contributed by atoms with E-state index in [2.05, 4.69) is 5.32 Å². The molecule has 66 valence electrons. The van der Waals surface area contributed by atoms with E-state index in [4.69, 9.17) is 0 Å². The van der Waals surface area contributed by atoms with Crippen molar-refractivity contribution >= 4 is 5.78 Å². The summed E-state index contributed by atoms with van der Waals surface area (Å²) in [5.41, 5.74) is 0. The van der Waals surface area contributed by atoms with Gasteiger partial charge in [-0.1, -0.05) is 13.8 Å². The zero-order chi connectivity index (χ0) is 8.85. The molecule has 1 atom stereocenters. The second-order valence-corrected chi connectivity index (χ2v) is 3.03. The van der Waals surface area contributed by atoms with Crippen LogP contribution in [0.4, 0.5) is 4.39 Å². The van der Waals surface area contributed by atoms with Crippen LogP contribution >= 0.6 is 0 Å². The van der Waals surface area contributed by atoms with E-state index in [1.54, 1.807) is 0 Å². The van der Waals surface area contributed by atoms with Crippen molar-refractivity contribution < 1.29 is 9.18 Å². The smallest absolute Gasteiger partial charge is 0.149 e. The summed E-state index contributed by atoms with van der Waals surface area (Å²) >= 11 is 0. The zero-order valence-corrected chi connectivity index (χ0v) is 7.36. The van der Waals surface area contributed by atoms with E-state index < -0.39 is 6.17 Å². The fourth-order valence-electron chi connectivity index (χ4n) is 0.598. The summed E-state index contributed by atoms with van der Waals surface area (Å²) in [6.07, 6.45) is -0.880. The summed E-state index contributed by atoms with van der Waals surface area (Å²) in [6, 6.07) is 0. The van der Waals surface area contributed by atoms with Crippen LogP contribution in [0.1, 0.15) is 20.8 Å². The quantitative estimate of drug-likeness (QED) is 0.655. The van der Waals surface area contributed by atoms with Crippen molar-refractivity contribution in [1.29, 1.82) is 0 Å². The Morgan fingerprint density at radius 2 is 2.00 bits per heavy atom. The molecule has 0 rings (SSSR count). The third-order valence-corrected chi connectivity index (χ3v) is 1.37. The normalized spacial score (nSPS) is 13.5. The third-order valence-electron chi connectivity index (χ3n) is 1.37. The summed E-state index contributed by atoms with van der Waals surface area (Å²) in [5, 5.41) is 2.74. The minimum absolute atomic E-state index is 0.0393. The van der Waals surface area contributed by atoms with Crippen LogP contribution in [-0.2, 0) is 4.79 Å². The van der Waals surface area contributed by atoms with Crippen LogP contribution < -0.4 is 5.32 Å². The lowest BCUT2D eigenvalue weighted by Crippen LogP contribution is -2.30. The Morgan fingerprint density at radius 3 is 2.36 bits per heavy atom.